The normalized spacial score (nSPS) is 11.7. The number of rotatable bonds is 7. The lowest BCUT2D eigenvalue weighted by Gasteiger charge is -2.14. The number of hydrogen-bond acceptors (Lipinski definition) is 3. The van der Waals surface area contributed by atoms with Crippen LogP contribution >= 0.6 is 0 Å². The molecule has 4 heteroatoms. The third kappa shape index (κ3) is 5.02. The highest BCUT2D eigenvalue weighted by Gasteiger charge is 2.10. The van der Waals surface area contributed by atoms with Gasteiger partial charge in [0.15, 0.2) is 0 Å². The fourth-order valence-electron chi connectivity index (χ4n) is 2.44. The summed E-state index contributed by atoms with van der Waals surface area (Å²) in [6.07, 6.45) is 1.09. The lowest BCUT2D eigenvalue weighted by Crippen LogP contribution is -2.26. The maximum atomic E-state index is 12.1. The van der Waals surface area contributed by atoms with E-state index >= 15 is 0 Å². The summed E-state index contributed by atoms with van der Waals surface area (Å²) in [6, 6.07) is 15.6. The first kappa shape index (κ1) is 16.9. The molecule has 0 aliphatic heterocycles. The molecular weight excluding hydrogens is 288 g/mol. The molecule has 0 heterocycles. The van der Waals surface area contributed by atoms with Crippen LogP contribution in [0.5, 0.6) is 5.75 Å². The van der Waals surface area contributed by atoms with Gasteiger partial charge in [-0.2, -0.15) is 0 Å². The van der Waals surface area contributed by atoms with Gasteiger partial charge in [-0.25, -0.2) is 0 Å². The Bertz CT molecular complexity index is 641. The minimum atomic E-state index is 0.00843. The van der Waals surface area contributed by atoms with Crippen LogP contribution in [0.2, 0.25) is 0 Å². The lowest BCUT2D eigenvalue weighted by molar-refractivity contribution is -0.121. The third-order valence-electron chi connectivity index (χ3n) is 3.69. The fraction of sp³-hybridized carbons (Fsp3) is 0.316. The van der Waals surface area contributed by atoms with Gasteiger partial charge >= 0.3 is 0 Å². The van der Waals surface area contributed by atoms with Crippen molar-refractivity contribution in [1.29, 1.82) is 0 Å². The van der Waals surface area contributed by atoms with Crippen molar-refractivity contribution in [3.63, 3.8) is 0 Å². The van der Waals surface area contributed by atoms with Crippen LogP contribution in [0.4, 0.5) is 5.69 Å². The molecule has 2 aromatic rings. The van der Waals surface area contributed by atoms with Crippen molar-refractivity contribution < 1.29 is 9.53 Å². The molecule has 2 aromatic carbocycles. The molecule has 0 fully saturated rings. The Hall–Kier alpha value is -2.49. The van der Waals surface area contributed by atoms with Crippen molar-refractivity contribution in [2.75, 3.05) is 12.3 Å². The summed E-state index contributed by atoms with van der Waals surface area (Å²) < 4.78 is 5.41. The summed E-state index contributed by atoms with van der Waals surface area (Å²) in [6.45, 7) is 4.50. The second kappa shape index (κ2) is 8.22. The van der Waals surface area contributed by atoms with E-state index in [4.69, 9.17) is 10.5 Å². The standard InChI is InChI=1S/C19H24N2O2/c1-3-23-18-11-9-15(13-17(18)20)10-12-19(22)21-14(2)16-7-5-4-6-8-16/h4-9,11,13-14H,3,10,12,20H2,1-2H3,(H,21,22). The highest BCUT2D eigenvalue weighted by atomic mass is 16.5. The number of nitrogen functional groups attached to an aromatic ring is 1. The maximum Gasteiger partial charge on any atom is 0.220 e. The quantitative estimate of drug-likeness (QED) is 0.769. The molecule has 1 amide bonds. The molecule has 0 spiro atoms. The van der Waals surface area contributed by atoms with Gasteiger partial charge in [0.1, 0.15) is 5.75 Å². The molecular formula is C19H24N2O2. The number of nitrogens with one attached hydrogen (secondary N) is 1. The van der Waals surface area contributed by atoms with Gasteiger partial charge in [-0.05, 0) is 43.5 Å². The van der Waals surface area contributed by atoms with Crippen molar-refractivity contribution in [3.05, 3.63) is 59.7 Å². The number of amides is 1. The minimum Gasteiger partial charge on any atom is -0.492 e. The monoisotopic (exact) mass is 312 g/mol. The summed E-state index contributed by atoms with van der Waals surface area (Å²) >= 11 is 0. The first-order chi connectivity index (χ1) is 11.1. The molecule has 122 valence electrons. The molecule has 3 N–H and O–H groups in total. The number of carbonyl (C=O) groups excluding carboxylic acids is 1. The van der Waals surface area contributed by atoms with Crippen molar-refractivity contribution in [1.82, 2.24) is 5.32 Å². The lowest BCUT2D eigenvalue weighted by atomic mass is 10.1. The van der Waals surface area contributed by atoms with Gasteiger partial charge in [-0.1, -0.05) is 36.4 Å². The molecule has 23 heavy (non-hydrogen) atoms. The smallest absolute Gasteiger partial charge is 0.220 e. The Morgan fingerprint density at radius 3 is 2.61 bits per heavy atom. The van der Waals surface area contributed by atoms with Crippen LogP contribution in [0.25, 0.3) is 0 Å². The highest BCUT2D eigenvalue weighted by molar-refractivity contribution is 5.76. The SMILES string of the molecule is CCOc1ccc(CCC(=O)NC(C)c2ccccc2)cc1N. The molecule has 0 aliphatic carbocycles. The van der Waals surface area contributed by atoms with E-state index in [1.54, 1.807) is 0 Å². The number of benzene rings is 2. The largest absolute Gasteiger partial charge is 0.492 e. The highest BCUT2D eigenvalue weighted by Crippen LogP contribution is 2.23. The number of nitrogens with two attached hydrogens (primary N) is 1. The van der Waals surface area contributed by atoms with Crippen molar-refractivity contribution in [2.24, 2.45) is 0 Å². The predicted octanol–water partition coefficient (Wildman–Crippen LogP) is 3.48. The third-order valence-corrected chi connectivity index (χ3v) is 3.69. The van der Waals surface area contributed by atoms with Gasteiger partial charge < -0.3 is 15.8 Å². The topological polar surface area (TPSA) is 64.3 Å². The van der Waals surface area contributed by atoms with E-state index in [1.807, 2.05) is 62.4 Å². The number of anilines is 1. The van der Waals surface area contributed by atoms with E-state index in [-0.39, 0.29) is 11.9 Å². The van der Waals surface area contributed by atoms with Crippen LogP contribution in [0.1, 0.15) is 37.4 Å². The maximum absolute atomic E-state index is 12.1. The van der Waals surface area contributed by atoms with Gasteiger partial charge in [0.05, 0.1) is 18.3 Å². The number of carbonyl (C=O) groups is 1. The molecule has 4 nitrogen and oxygen atoms in total. The van der Waals surface area contributed by atoms with Crippen molar-refractivity contribution in [3.8, 4) is 5.75 Å². The molecule has 2 rings (SSSR count). The summed E-state index contributed by atoms with van der Waals surface area (Å²) in [5, 5.41) is 3.02. The molecule has 1 unspecified atom stereocenters. The average molecular weight is 312 g/mol. The molecule has 0 saturated heterocycles. The van der Waals surface area contributed by atoms with Gasteiger partial charge in [0.2, 0.25) is 5.91 Å². The predicted molar refractivity (Wildman–Crippen MR) is 93.3 cm³/mol. The minimum absolute atomic E-state index is 0.00843. The molecule has 0 radical (unpaired) electrons. The van der Waals surface area contributed by atoms with E-state index in [0.717, 1.165) is 11.1 Å². The van der Waals surface area contributed by atoms with Crippen LogP contribution in [-0.4, -0.2) is 12.5 Å². The number of ether oxygens (including phenoxy) is 1. The molecule has 0 bridgehead atoms. The molecule has 0 saturated carbocycles. The number of aryl methyl sites for hydroxylation is 1. The second-order valence-corrected chi connectivity index (χ2v) is 5.51. The van der Waals surface area contributed by atoms with Crippen LogP contribution < -0.4 is 15.8 Å². The van der Waals surface area contributed by atoms with Crippen LogP contribution in [-0.2, 0) is 11.2 Å². The Morgan fingerprint density at radius 2 is 1.96 bits per heavy atom. The van der Waals surface area contributed by atoms with E-state index in [0.29, 0.717) is 30.9 Å². The summed E-state index contributed by atoms with van der Waals surface area (Å²) in [4.78, 5) is 12.1. The first-order valence-corrected chi connectivity index (χ1v) is 7.95. The van der Waals surface area contributed by atoms with E-state index in [2.05, 4.69) is 5.32 Å². The Balaban J connectivity index is 1.86. The summed E-state index contributed by atoms with van der Waals surface area (Å²) in [5.74, 6) is 0.729. The van der Waals surface area contributed by atoms with Gasteiger partial charge in [-0.3, -0.25) is 4.79 Å². The summed E-state index contributed by atoms with van der Waals surface area (Å²) in [7, 11) is 0. The van der Waals surface area contributed by atoms with E-state index < -0.39 is 0 Å². The average Bonchev–Trinajstić information content (AvgIpc) is 2.56. The Labute approximate surface area is 137 Å². The van der Waals surface area contributed by atoms with Crippen LogP contribution in [0.15, 0.2) is 48.5 Å². The fourth-order valence-corrected chi connectivity index (χ4v) is 2.44. The zero-order valence-corrected chi connectivity index (χ0v) is 13.7. The zero-order valence-electron chi connectivity index (χ0n) is 13.7. The molecule has 0 aromatic heterocycles. The van der Waals surface area contributed by atoms with Crippen LogP contribution in [0, 0.1) is 0 Å². The van der Waals surface area contributed by atoms with Crippen molar-refractivity contribution >= 4 is 11.6 Å². The first-order valence-electron chi connectivity index (χ1n) is 7.95. The van der Waals surface area contributed by atoms with E-state index in [1.165, 1.54) is 0 Å². The number of hydrogen-bond donors (Lipinski definition) is 2. The second-order valence-electron chi connectivity index (χ2n) is 5.51. The Kier molecular flexibility index (Phi) is 6.03. The zero-order chi connectivity index (χ0) is 16.7. The summed E-state index contributed by atoms with van der Waals surface area (Å²) in [5.41, 5.74) is 8.70. The van der Waals surface area contributed by atoms with Gasteiger partial charge in [0.25, 0.3) is 0 Å². The van der Waals surface area contributed by atoms with Crippen LogP contribution in [0.3, 0.4) is 0 Å². The van der Waals surface area contributed by atoms with Gasteiger partial charge in [-0.15, -0.1) is 0 Å². The molecule has 1 atom stereocenters. The van der Waals surface area contributed by atoms with E-state index in [9.17, 15) is 4.79 Å². The molecule has 0 aliphatic rings. The van der Waals surface area contributed by atoms with Gasteiger partial charge in [0, 0.05) is 6.42 Å². The Morgan fingerprint density at radius 1 is 1.22 bits per heavy atom. The van der Waals surface area contributed by atoms with Crippen molar-refractivity contribution in [2.45, 2.75) is 32.7 Å².